The molecule has 0 aliphatic heterocycles. The van der Waals surface area contributed by atoms with Crippen molar-refractivity contribution in [3.8, 4) is 0 Å². The van der Waals surface area contributed by atoms with E-state index >= 15 is 0 Å². The van der Waals surface area contributed by atoms with Crippen molar-refractivity contribution in [2.75, 3.05) is 11.9 Å². The molecule has 0 aliphatic rings. The van der Waals surface area contributed by atoms with Gasteiger partial charge in [-0.25, -0.2) is 17.9 Å². The third kappa shape index (κ3) is 6.96. The van der Waals surface area contributed by atoms with E-state index in [1.54, 1.807) is 18.2 Å². The minimum absolute atomic E-state index is 0.00748. The van der Waals surface area contributed by atoms with Crippen LogP contribution in [0.25, 0.3) is 0 Å². The van der Waals surface area contributed by atoms with E-state index in [1.165, 1.54) is 24.5 Å². The van der Waals surface area contributed by atoms with Crippen molar-refractivity contribution >= 4 is 27.6 Å². The van der Waals surface area contributed by atoms with Gasteiger partial charge in [-0.05, 0) is 42.8 Å². The lowest BCUT2D eigenvalue weighted by Gasteiger charge is -2.10. The van der Waals surface area contributed by atoms with E-state index in [0.29, 0.717) is 12.3 Å². The minimum Gasteiger partial charge on any atom is -0.468 e. The van der Waals surface area contributed by atoms with Crippen LogP contribution < -0.4 is 20.7 Å². The van der Waals surface area contributed by atoms with Gasteiger partial charge in [0.25, 0.3) is 0 Å². The standard InChI is InChI=1S/C22H24N4O5S/c1-16-7-9-17(10-8-16)13-23-22(28)24-15-21(27)26-18-4-2-6-20(12-18)32(29,30)25-14-19-5-3-11-31-19/h2-12,25H,13-15H2,1H3,(H,26,27)(H2,23,24,28). The summed E-state index contributed by atoms with van der Waals surface area (Å²) < 4.78 is 32.5. The van der Waals surface area contributed by atoms with Gasteiger partial charge in [-0.1, -0.05) is 35.9 Å². The Morgan fingerprint density at radius 3 is 2.44 bits per heavy atom. The Hall–Kier alpha value is -3.63. The zero-order chi connectivity index (χ0) is 23.0. The summed E-state index contributed by atoms with van der Waals surface area (Å²) in [7, 11) is -3.80. The van der Waals surface area contributed by atoms with E-state index in [9.17, 15) is 18.0 Å². The molecule has 0 unspecified atom stereocenters. The number of urea groups is 1. The fourth-order valence-electron chi connectivity index (χ4n) is 2.72. The van der Waals surface area contributed by atoms with Crippen molar-refractivity contribution in [3.63, 3.8) is 0 Å². The van der Waals surface area contributed by atoms with Crippen LogP contribution in [0.4, 0.5) is 10.5 Å². The molecule has 0 fully saturated rings. The molecule has 0 bridgehead atoms. The van der Waals surface area contributed by atoms with Crippen molar-refractivity contribution in [2.45, 2.75) is 24.9 Å². The average Bonchev–Trinajstić information content (AvgIpc) is 3.30. The second kappa shape index (κ2) is 10.6. The topological polar surface area (TPSA) is 130 Å². The highest BCUT2D eigenvalue weighted by Crippen LogP contribution is 2.16. The van der Waals surface area contributed by atoms with Crippen LogP contribution in [0.1, 0.15) is 16.9 Å². The lowest BCUT2D eigenvalue weighted by molar-refractivity contribution is -0.115. The van der Waals surface area contributed by atoms with Crippen LogP contribution in [-0.2, 0) is 27.9 Å². The SMILES string of the molecule is Cc1ccc(CNC(=O)NCC(=O)Nc2cccc(S(=O)(=O)NCc3ccco3)c2)cc1. The van der Waals surface area contributed by atoms with Crippen molar-refractivity contribution in [1.29, 1.82) is 0 Å². The van der Waals surface area contributed by atoms with E-state index in [0.717, 1.165) is 11.1 Å². The molecule has 9 nitrogen and oxygen atoms in total. The lowest BCUT2D eigenvalue weighted by atomic mass is 10.1. The van der Waals surface area contributed by atoms with Crippen molar-refractivity contribution in [3.05, 3.63) is 83.8 Å². The Balaban J connectivity index is 1.47. The Morgan fingerprint density at radius 1 is 0.938 bits per heavy atom. The molecular formula is C22H24N4O5S. The van der Waals surface area contributed by atoms with E-state index in [-0.39, 0.29) is 23.7 Å². The molecule has 0 saturated carbocycles. The maximum atomic E-state index is 12.5. The summed E-state index contributed by atoms with van der Waals surface area (Å²) in [6, 6.07) is 16.4. The van der Waals surface area contributed by atoms with Gasteiger partial charge in [-0.2, -0.15) is 0 Å². The molecule has 2 aromatic carbocycles. The molecule has 0 saturated heterocycles. The molecule has 3 rings (SSSR count). The molecule has 0 atom stereocenters. The molecule has 168 valence electrons. The Morgan fingerprint density at radius 2 is 1.72 bits per heavy atom. The van der Waals surface area contributed by atoms with Gasteiger partial charge in [0.15, 0.2) is 0 Å². The second-order valence-electron chi connectivity index (χ2n) is 7.00. The number of hydrogen-bond donors (Lipinski definition) is 4. The number of rotatable bonds is 9. The Labute approximate surface area is 186 Å². The van der Waals surface area contributed by atoms with E-state index < -0.39 is 22.0 Å². The van der Waals surface area contributed by atoms with Crippen molar-refractivity contribution < 1.29 is 22.4 Å². The average molecular weight is 457 g/mol. The van der Waals surface area contributed by atoms with Gasteiger partial charge in [-0.15, -0.1) is 0 Å². The monoisotopic (exact) mass is 456 g/mol. The van der Waals surface area contributed by atoms with Crippen LogP contribution in [0, 0.1) is 6.92 Å². The second-order valence-corrected chi connectivity index (χ2v) is 8.77. The highest BCUT2D eigenvalue weighted by molar-refractivity contribution is 7.89. The zero-order valence-electron chi connectivity index (χ0n) is 17.4. The molecule has 32 heavy (non-hydrogen) atoms. The number of nitrogens with one attached hydrogen (secondary N) is 4. The minimum atomic E-state index is -3.80. The number of benzene rings is 2. The van der Waals surface area contributed by atoms with Gasteiger partial charge in [0.2, 0.25) is 15.9 Å². The summed E-state index contributed by atoms with van der Waals surface area (Å²) in [6.07, 6.45) is 1.45. The first-order valence-corrected chi connectivity index (χ1v) is 11.3. The van der Waals surface area contributed by atoms with E-state index in [1.807, 2.05) is 31.2 Å². The summed E-state index contributed by atoms with van der Waals surface area (Å²) in [4.78, 5) is 24.0. The first-order chi connectivity index (χ1) is 15.3. The predicted octanol–water partition coefficient (Wildman–Crippen LogP) is 2.50. The van der Waals surface area contributed by atoms with E-state index in [2.05, 4.69) is 20.7 Å². The van der Waals surface area contributed by atoms with Crippen LogP contribution >= 0.6 is 0 Å². The first-order valence-electron chi connectivity index (χ1n) is 9.81. The summed E-state index contributed by atoms with van der Waals surface area (Å²) in [5, 5.41) is 7.70. The number of hydrogen-bond acceptors (Lipinski definition) is 5. The summed E-state index contributed by atoms with van der Waals surface area (Å²) in [6.45, 7) is 2.05. The van der Waals surface area contributed by atoms with Gasteiger partial charge in [0.05, 0.1) is 24.2 Å². The van der Waals surface area contributed by atoms with Crippen LogP contribution in [0.15, 0.2) is 76.2 Å². The number of amides is 3. The maximum absolute atomic E-state index is 12.5. The largest absolute Gasteiger partial charge is 0.468 e. The van der Waals surface area contributed by atoms with Gasteiger partial charge in [0, 0.05) is 12.2 Å². The van der Waals surface area contributed by atoms with Crippen molar-refractivity contribution in [2.24, 2.45) is 0 Å². The van der Waals surface area contributed by atoms with Gasteiger partial charge >= 0.3 is 6.03 Å². The van der Waals surface area contributed by atoms with Gasteiger partial charge in [0.1, 0.15) is 5.76 Å². The third-order valence-electron chi connectivity index (χ3n) is 4.43. The number of anilines is 1. The Kier molecular flexibility index (Phi) is 7.63. The van der Waals surface area contributed by atoms with Crippen LogP contribution in [0.5, 0.6) is 0 Å². The molecule has 3 amide bonds. The summed E-state index contributed by atoms with van der Waals surface area (Å²) in [5.74, 6) is -0.0154. The van der Waals surface area contributed by atoms with Crippen molar-refractivity contribution in [1.82, 2.24) is 15.4 Å². The molecule has 3 aromatic rings. The normalized spacial score (nSPS) is 11.0. The molecule has 4 N–H and O–H groups in total. The van der Waals surface area contributed by atoms with Gasteiger partial charge < -0.3 is 20.4 Å². The maximum Gasteiger partial charge on any atom is 0.315 e. The molecule has 10 heteroatoms. The van der Waals surface area contributed by atoms with Crippen LogP contribution in [-0.4, -0.2) is 26.9 Å². The van der Waals surface area contributed by atoms with E-state index in [4.69, 9.17) is 4.42 Å². The quantitative estimate of drug-likeness (QED) is 0.393. The van der Waals surface area contributed by atoms with Crippen LogP contribution in [0.3, 0.4) is 0 Å². The lowest BCUT2D eigenvalue weighted by Crippen LogP contribution is -2.39. The first kappa shape index (κ1) is 23.0. The summed E-state index contributed by atoms with van der Waals surface area (Å²) in [5.41, 5.74) is 2.35. The number of carbonyl (C=O) groups is 2. The molecular weight excluding hydrogens is 432 g/mol. The zero-order valence-corrected chi connectivity index (χ0v) is 18.2. The number of sulfonamides is 1. The molecule has 1 aromatic heterocycles. The Bertz CT molecular complexity index is 1160. The molecule has 0 spiro atoms. The third-order valence-corrected chi connectivity index (χ3v) is 5.83. The fourth-order valence-corrected chi connectivity index (χ4v) is 3.76. The molecule has 0 aliphatic carbocycles. The molecule has 1 heterocycles. The number of carbonyl (C=O) groups excluding carboxylic acids is 2. The number of aryl methyl sites for hydroxylation is 1. The molecule has 0 radical (unpaired) electrons. The smallest absolute Gasteiger partial charge is 0.315 e. The highest BCUT2D eigenvalue weighted by Gasteiger charge is 2.15. The predicted molar refractivity (Wildman–Crippen MR) is 119 cm³/mol. The summed E-state index contributed by atoms with van der Waals surface area (Å²) >= 11 is 0. The number of furan rings is 1. The highest BCUT2D eigenvalue weighted by atomic mass is 32.2. The van der Waals surface area contributed by atoms with Crippen LogP contribution in [0.2, 0.25) is 0 Å². The fraction of sp³-hybridized carbons (Fsp3) is 0.182. The van der Waals surface area contributed by atoms with Gasteiger partial charge in [-0.3, -0.25) is 4.79 Å².